The largest absolute Gasteiger partial charge is 0.330 e. The molecule has 4 N–H and O–H groups in total. The minimum absolute atomic E-state index is 0.569. The molecule has 0 aliphatic rings. The van der Waals surface area contributed by atoms with E-state index in [0.717, 1.165) is 31.4 Å². The minimum atomic E-state index is -3.54. The lowest BCUT2D eigenvalue weighted by Gasteiger charge is -2.15. The first-order valence-electron chi connectivity index (χ1n) is 8.82. The lowest BCUT2D eigenvalue weighted by molar-refractivity contribution is 0.539. The molecule has 0 spiro atoms. The maximum Gasteiger partial charge on any atom is 0.216 e. The van der Waals surface area contributed by atoms with Gasteiger partial charge in [-0.15, -0.1) is 0 Å². The quantitative estimate of drug-likeness (QED) is 0.534. The van der Waals surface area contributed by atoms with Gasteiger partial charge < -0.3 is 5.73 Å². The third-order valence-electron chi connectivity index (χ3n) is 4.24. The van der Waals surface area contributed by atoms with Gasteiger partial charge in [-0.3, -0.25) is 0 Å². The second kappa shape index (κ2) is 11.6. The fraction of sp³-hybridized carbons (Fsp3) is 0.667. The number of rotatable bonds is 13. The van der Waals surface area contributed by atoms with Crippen LogP contribution in [0.25, 0.3) is 0 Å². The molecule has 1 unspecified atom stereocenters. The summed E-state index contributed by atoms with van der Waals surface area (Å²) in [5.41, 5.74) is 6.27. The second-order valence-corrected chi connectivity index (χ2v) is 7.99. The molecule has 0 fully saturated rings. The van der Waals surface area contributed by atoms with Crippen molar-refractivity contribution in [3.63, 3.8) is 0 Å². The van der Waals surface area contributed by atoms with Gasteiger partial charge in [0, 0.05) is 0 Å². The number of hydrogen-bond acceptors (Lipinski definition) is 3. The lowest BCUT2D eigenvalue weighted by atomic mass is 10.0. The highest BCUT2D eigenvalue weighted by Crippen LogP contribution is 2.26. The van der Waals surface area contributed by atoms with Crippen molar-refractivity contribution in [2.75, 3.05) is 6.54 Å². The van der Waals surface area contributed by atoms with E-state index >= 15 is 0 Å². The van der Waals surface area contributed by atoms with Crippen LogP contribution in [0.1, 0.15) is 75.0 Å². The van der Waals surface area contributed by atoms with Crippen molar-refractivity contribution in [2.24, 2.45) is 10.9 Å². The zero-order chi connectivity index (χ0) is 17.0. The van der Waals surface area contributed by atoms with Crippen LogP contribution in [0, 0.1) is 0 Å². The molecule has 5 heteroatoms. The first-order valence-corrected chi connectivity index (χ1v) is 10.4. The van der Waals surface area contributed by atoms with Gasteiger partial charge >= 0.3 is 0 Å². The van der Waals surface area contributed by atoms with E-state index in [1.165, 1.54) is 38.5 Å². The van der Waals surface area contributed by atoms with Crippen LogP contribution in [-0.4, -0.2) is 15.0 Å². The summed E-state index contributed by atoms with van der Waals surface area (Å²) in [5.74, 6) is 0. The van der Waals surface area contributed by atoms with Gasteiger partial charge in [-0.25, -0.2) is 13.6 Å². The Kier molecular flexibility index (Phi) is 10.2. The summed E-state index contributed by atoms with van der Waals surface area (Å²) in [4.78, 5) is 0. The lowest BCUT2D eigenvalue weighted by Crippen LogP contribution is -2.21. The molecular formula is C18H32N2O2S. The number of nitrogens with two attached hydrogens (primary N) is 2. The Morgan fingerprint density at radius 3 is 1.74 bits per heavy atom. The summed E-state index contributed by atoms with van der Waals surface area (Å²) in [6.07, 6.45) is 11.2. The van der Waals surface area contributed by atoms with E-state index in [4.69, 9.17) is 10.9 Å². The van der Waals surface area contributed by atoms with E-state index in [0.29, 0.717) is 6.42 Å². The molecule has 1 aromatic rings. The molecular weight excluding hydrogens is 308 g/mol. The second-order valence-electron chi connectivity index (χ2n) is 6.25. The van der Waals surface area contributed by atoms with Crippen molar-refractivity contribution in [1.29, 1.82) is 0 Å². The molecule has 132 valence electrons. The van der Waals surface area contributed by atoms with Gasteiger partial charge in [0.15, 0.2) is 0 Å². The zero-order valence-electron chi connectivity index (χ0n) is 14.1. The molecule has 1 aromatic carbocycles. The topological polar surface area (TPSA) is 86.2 Å². The maximum absolute atomic E-state index is 11.8. The van der Waals surface area contributed by atoms with Crippen molar-refractivity contribution in [3.8, 4) is 0 Å². The van der Waals surface area contributed by atoms with Crippen LogP contribution in [-0.2, 0) is 10.0 Å². The third-order valence-corrected chi connectivity index (χ3v) is 5.54. The molecule has 0 aliphatic carbocycles. The first kappa shape index (κ1) is 20.1. The molecule has 0 heterocycles. The average Bonchev–Trinajstić information content (AvgIpc) is 2.52. The molecule has 0 radical (unpaired) electrons. The van der Waals surface area contributed by atoms with E-state index in [2.05, 4.69) is 0 Å². The fourth-order valence-electron chi connectivity index (χ4n) is 2.90. The van der Waals surface area contributed by atoms with Crippen LogP contribution in [0.2, 0.25) is 0 Å². The summed E-state index contributed by atoms with van der Waals surface area (Å²) < 4.78 is 23.6. The molecule has 1 rings (SSSR count). The summed E-state index contributed by atoms with van der Waals surface area (Å²) in [5, 5.41) is 4.83. The molecule has 4 nitrogen and oxygen atoms in total. The minimum Gasteiger partial charge on any atom is -0.330 e. The molecule has 0 saturated carbocycles. The van der Waals surface area contributed by atoms with Crippen LogP contribution in [0.3, 0.4) is 0 Å². The molecule has 0 amide bonds. The highest BCUT2D eigenvalue weighted by atomic mass is 32.2. The Morgan fingerprint density at radius 1 is 0.783 bits per heavy atom. The van der Waals surface area contributed by atoms with E-state index < -0.39 is 15.3 Å². The smallest absolute Gasteiger partial charge is 0.216 e. The predicted molar refractivity (Wildman–Crippen MR) is 97.5 cm³/mol. The van der Waals surface area contributed by atoms with E-state index in [9.17, 15) is 8.42 Å². The fourth-order valence-corrected chi connectivity index (χ4v) is 3.93. The number of hydrogen-bond donors (Lipinski definition) is 2. The monoisotopic (exact) mass is 340 g/mol. The maximum atomic E-state index is 11.8. The Bertz CT molecular complexity index is 503. The van der Waals surface area contributed by atoms with Crippen molar-refractivity contribution >= 4 is 10.0 Å². The van der Waals surface area contributed by atoms with Crippen LogP contribution >= 0.6 is 0 Å². The predicted octanol–water partition coefficient (Wildman–Crippen LogP) is 3.88. The Labute approximate surface area is 141 Å². The third kappa shape index (κ3) is 9.08. The van der Waals surface area contributed by atoms with Crippen molar-refractivity contribution in [1.82, 2.24) is 0 Å². The molecule has 23 heavy (non-hydrogen) atoms. The molecule has 0 bridgehead atoms. The Morgan fingerprint density at radius 2 is 1.26 bits per heavy atom. The number of primary sulfonamides is 1. The van der Waals surface area contributed by atoms with E-state index in [1.54, 1.807) is 0 Å². The normalized spacial score (nSPS) is 13.1. The first-order chi connectivity index (χ1) is 11.1. The van der Waals surface area contributed by atoms with Gasteiger partial charge in [-0.05, 0) is 24.9 Å². The van der Waals surface area contributed by atoms with Crippen LogP contribution in [0.5, 0.6) is 0 Å². The average molecular weight is 341 g/mol. The van der Waals surface area contributed by atoms with E-state index in [1.807, 2.05) is 30.3 Å². The van der Waals surface area contributed by atoms with Crippen molar-refractivity contribution < 1.29 is 8.42 Å². The summed E-state index contributed by atoms with van der Waals surface area (Å²) in [6.45, 7) is 0.798. The van der Waals surface area contributed by atoms with Gasteiger partial charge in [0.2, 0.25) is 10.0 Å². The number of unbranched alkanes of at least 4 members (excludes halogenated alkanes) is 8. The number of benzene rings is 1. The zero-order valence-corrected chi connectivity index (χ0v) is 14.9. The number of sulfonamides is 1. The van der Waals surface area contributed by atoms with Crippen LogP contribution < -0.4 is 10.9 Å². The molecule has 0 aliphatic heterocycles. The molecule has 0 saturated heterocycles. The Balaban J connectivity index is 2.20. The van der Waals surface area contributed by atoms with Gasteiger partial charge in [0.05, 0.1) is 0 Å². The van der Waals surface area contributed by atoms with Crippen LogP contribution in [0.4, 0.5) is 0 Å². The Hall–Kier alpha value is -0.910. The van der Waals surface area contributed by atoms with Crippen molar-refractivity contribution in [2.45, 2.75) is 69.5 Å². The molecule has 1 atom stereocenters. The van der Waals surface area contributed by atoms with Gasteiger partial charge in [0.1, 0.15) is 5.25 Å². The SMILES string of the molecule is NCCCCCCCCCCCC(c1ccccc1)S(N)(=O)=O. The summed E-state index contributed by atoms with van der Waals surface area (Å²) >= 11 is 0. The standard InChI is InChI=1S/C18H32N2O2S/c19-16-12-7-5-3-1-2-4-6-11-15-18(23(20,21)22)17-13-9-8-10-14-17/h8-10,13-14,18H,1-7,11-12,15-16,19H2,(H2,20,21,22). The van der Waals surface area contributed by atoms with Gasteiger partial charge in [-0.2, -0.15) is 0 Å². The molecule has 0 aromatic heterocycles. The van der Waals surface area contributed by atoms with Crippen molar-refractivity contribution in [3.05, 3.63) is 35.9 Å². The van der Waals surface area contributed by atoms with Gasteiger partial charge in [-0.1, -0.05) is 81.7 Å². The highest BCUT2D eigenvalue weighted by Gasteiger charge is 2.22. The summed E-state index contributed by atoms with van der Waals surface area (Å²) in [7, 11) is -3.54. The highest BCUT2D eigenvalue weighted by molar-refractivity contribution is 7.89. The van der Waals surface area contributed by atoms with Gasteiger partial charge in [0.25, 0.3) is 0 Å². The van der Waals surface area contributed by atoms with Crippen LogP contribution in [0.15, 0.2) is 30.3 Å². The van der Waals surface area contributed by atoms with E-state index in [-0.39, 0.29) is 0 Å². The summed E-state index contributed by atoms with van der Waals surface area (Å²) in [6, 6.07) is 9.29.